The standard InChI is InChI=1S/C26H26ClNO3/c1-18(23-8-4-6-19-5-2-3-7-24(19)23)25-17-29-26(31-30-25)15-13-22(14-16-26)28-21-11-9-20(27)10-12-21/h2-12,22,25,28H,1,13-17H2. The van der Waals surface area contributed by atoms with Gasteiger partial charge in [0.05, 0.1) is 6.61 Å². The lowest BCUT2D eigenvalue weighted by Gasteiger charge is -2.43. The Morgan fingerprint density at radius 2 is 1.71 bits per heavy atom. The number of hydrogen-bond acceptors (Lipinski definition) is 4. The van der Waals surface area contributed by atoms with E-state index in [9.17, 15) is 0 Å². The van der Waals surface area contributed by atoms with Crippen molar-refractivity contribution >= 4 is 33.6 Å². The fraction of sp³-hybridized carbons (Fsp3) is 0.308. The molecular formula is C26H26ClNO3. The number of rotatable bonds is 4. The highest BCUT2D eigenvalue weighted by Crippen LogP contribution is 2.39. The molecule has 5 heteroatoms. The molecule has 1 heterocycles. The minimum absolute atomic E-state index is 0.318. The zero-order valence-electron chi connectivity index (χ0n) is 17.4. The Balaban J connectivity index is 1.19. The van der Waals surface area contributed by atoms with Crippen LogP contribution in [0.25, 0.3) is 16.3 Å². The molecule has 1 saturated carbocycles. The van der Waals surface area contributed by atoms with E-state index < -0.39 is 5.79 Å². The van der Waals surface area contributed by atoms with E-state index in [1.165, 1.54) is 5.39 Å². The average Bonchev–Trinajstić information content (AvgIpc) is 2.82. The summed E-state index contributed by atoms with van der Waals surface area (Å²) in [6, 6.07) is 22.7. The smallest absolute Gasteiger partial charge is 0.201 e. The minimum atomic E-state index is -0.659. The predicted molar refractivity (Wildman–Crippen MR) is 125 cm³/mol. The van der Waals surface area contributed by atoms with Crippen molar-refractivity contribution in [2.24, 2.45) is 0 Å². The van der Waals surface area contributed by atoms with E-state index in [0.717, 1.165) is 52.9 Å². The lowest BCUT2D eigenvalue weighted by Crippen LogP contribution is -2.49. The molecule has 1 atom stereocenters. The van der Waals surface area contributed by atoms with Crippen LogP contribution in [0.3, 0.4) is 0 Å². The highest BCUT2D eigenvalue weighted by Gasteiger charge is 2.43. The van der Waals surface area contributed by atoms with Gasteiger partial charge in [0.2, 0.25) is 5.79 Å². The summed E-state index contributed by atoms with van der Waals surface area (Å²) in [5.41, 5.74) is 3.03. The summed E-state index contributed by atoms with van der Waals surface area (Å²) < 4.78 is 6.23. The normalized spacial score (nSPS) is 26.1. The second-order valence-electron chi connectivity index (χ2n) is 8.37. The molecular weight excluding hydrogens is 410 g/mol. The summed E-state index contributed by atoms with van der Waals surface area (Å²) in [5, 5.41) is 6.66. The largest absolute Gasteiger partial charge is 0.382 e. The van der Waals surface area contributed by atoms with E-state index in [0.29, 0.717) is 12.6 Å². The zero-order chi connectivity index (χ0) is 21.3. The molecule has 4 nitrogen and oxygen atoms in total. The maximum atomic E-state index is 6.23. The Morgan fingerprint density at radius 1 is 0.968 bits per heavy atom. The minimum Gasteiger partial charge on any atom is -0.382 e. The molecule has 1 N–H and O–H groups in total. The van der Waals surface area contributed by atoms with Crippen molar-refractivity contribution < 1.29 is 14.5 Å². The fourth-order valence-corrected chi connectivity index (χ4v) is 4.60. The van der Waals surface area contributed by atoms with Gasteiger partial charge in [-0.3, -0.25) is 0 Å². The van der Waals surface area contributed by atoms with Gasteiger partial charge in [0.15, 0.2) is 0 Å². The molecule has 1 spiro atoms. The van der Waals surface area contributed by atoms with Crippen molar-refractivity contribution in [3.05, 3.63) is 83.9 Å². The number of benzene rings is 3. The van der Waals surface area contributed by atoms with Crippen LogP contribution in [-0.4, -0.2) is 24.5 Å². The van der Waals surface area contributed by atoms with Crippen molar-refractivity contribution in [2.45, 2.75) is 43.6 Å². The van der Waals surface area contributed by atoms with E-state index in [1.807, 2.05) is 42.5 Å². The van der Waals surface area contributed by atoms with Crippen LogP contribution in [-0.2, 0) is 14.5 Å². The predicted octanol–water partition coefficient (Wildman–Crippen LogP) is 6.60. The molecule has 2 aliphatic rings. The van der Waals surface area contributed by atoms with E-state index >= 15 is 0 Å². The lowest BCUT2D eigenvalue weighted by atomic mass is 9.89. The number of fused-ring (bicyclic) bond motifs is 1. The first-order valence-corrected chi connectivity index (χ1v) is 11.2. The number of hydrogen-bond donors (Lipinski definition) is 1. The van der Waals surface area contributed by atoms with Crippen LogP contribution in [0.4, 0.5) is 5.69 Å². The fourth-order valence-electron chi connectivity index (χ4n) is 4.47. The number of nitrogens with one attached hydrogen (secondary N) is 1. The molecule has 1 aliphatic carbocycles. The summed E-state index contributed by atoms with van der Waals surface area (Å²) in [5.74, 6) is -0.659. The third-order valence-corrected chi connectivity index (χ3v) is 6.55. The molecule has 5 rings (SSSR count). The van der Waals surface area contributed by atoms with Gasteiger partial charge in [-0.25, -0.2) is 9.78 Å². The Bertz CT molecular complexity index is 1060. The van der Waals surface area contributed by atoms with E-state index in [-0.39, 0.29) is 6.10 Å². The Kier molecular flexibility index (Phi) is 5.72. The van der Waals surface area contributed by atoms with E-state index in [2.05, 4.69) is 36.2 Å². The van der Waals surface area contributed by atoms with Crippen molar-refractivity contribution in [2.75, 3.05) is 11.9 Å². The maximum absolute atomic E-state index is 6.23. The molecule has 3 aromatic carbocycles. The lowest BCUT2D eigenvalue weighted by molar-refractivity contribution is -0.483. The summed E-state index contributed by atoms with van der Waals surface area (Å²) in [6.45, 7) is 4.73. The zero-order valence-corrected chi connectivity index (χ0v) is 18.1. The van der Waals surface area contributed by atoms with Crippen LogP contribution < -0.4 is 5.32 Å². The summed E-state index contributed by atoms with van der Waals surface area (Å²) in [7, 11) is 0. The molecule has 1 saturated heterocycles. The van der Waals surface area contributed by atoms with Crippen molar-refractivity contribution in [1.29, 1.82) is 0 Å². The molecule has 31 heavy (non-hydrogen) atoms. The second-order valence-corrected chi connectivity index (χ2v) is 8.80. The van der Waals surface area contributed by atoms with Gasteiger partial charge in [0.25, 0.3) is 0 Å². The molecule has 3 aromatic rings. The quantitative estimate of drug-likeness (QED) is 0.468. The van der Waals surface area contributed by atoms with Gasteiger partial charge < -0.3 is 10.1 Å². The molecule has 0 amide bonds. The Hall–Kier alpha value is -2.37. The molecule has 0 bridgehead atoms. The maximum Gasteiger partial charge on any atom is 0.201 e. The van der Waals surface area contributed by atoms with Crippen LogP contribution >= 0.6 is 11.6 Å². The Morgan fingerprint density at radius 3 is 2.45 bits per heavy atom. The van der Waals surface area contributed by atoms with Crippen LogP contribution in [0, 0.1) is 0 Å². The van der Waals surface area contributed by atoms with Crippen molar-refractivity contribution in [1.82, 2.24) is 0 Å². The van der Waals surface area contributed by atoms with Crippen molar-refractivity contribution in [3.63, 3.8) is 0 Å². The van der Waals surface area contributed by atoms with Crippen LogP contribution in [0.5, 0.6) is 0 Å². The summed E-state index contributed by atoms with van der Waals surface area (Å²) >= 11 is 5.97. The number of anilines is 1. The molecule has 2 fully saturated rings. The van der Waals surface area contributed by atoms with Crippen LogP contribution in [0.1, 0.15) is 31.2 Å². The van der Waals surface area contributed by atoms with Gasteiger partial charge in [0.1, 0.15) is 6.10 Å². The highest BCUT2D eigenvalue weighted by molar-refractivity contribution is 6.30. The second kappa shape index (κ2) is 8.64. The van der Waals surface area contributed by atoms with E-state index in [1.54, 1.807) is 0 Å². The monoisotopic (exact) mass is 435 g/mol. The first-order valence-electron chi connectivity index (χ1n) is 10.8. The van der Waals surface area contributed by atoms with Crippen molar-refractivity contribution in [3.8, 4) is 0 Å². The summed E-state index contributed by atoms with van der Waals surface area (Å²) in [4.78, 5) is 11.7. The van der Waals surface area contributed by atoms with Gasteiger partial charge in [-0.1, -0.05) is 60.6 Å². The first-order chi connectivity index (χ1) is 15.1. The SMILES string of the molecule is C=C(c1cccc2ccccc12)C1COC2(CCC(Nc3ccc(Cl)cc3)CC2)OO1. The molecule has 160 valence electrons. The third kappa shape index (κ3) is 4.35. The number of halogens is 1. The molecule has 0 radical (unpaired) electrons. The van der Waals surface area contributed by atoms with Crippen LogP contribution in [0.2, 0.25) is 5.02 Å². The number of ether oxygens (including phenoxy) is 1. The third-order valence-electron chi connectivity index (χ3n) is 6.30. The van der Waals surface area contributed by atoms with Gasteiger partial charge in [-0.2, -0.15) is 0 Å². The van der Waals surface area contributed by atoms with Crippen LogP contribution in [0.15, 0.2) is 73.3 Å². The average molecular weight is 436 g/mol. The van der Waals surface area contributed by atoms with Gasteiger partial charge in [-0.05, 0) is 59.0 Å². The van der Waals surface area contributed by atoms with Gasteiger partial charge >= 0.3 is 0 Å². The summed E-state index contributed by atoms with van der Waals surface area (Å²) in [6.07, 6.45) is 3.14. The molecule has 1 unspecified atom stereocenters. The van der Waals surface area contributed by atoms with Gasteiger partial charge in [-0.15, -0.1) is 0 Å². The van der Waals surface area contributed by atoms with Gasteiger partial charge in [0, 0.05) is 29.6 Å². The first kappa shape index (κ1) is 20.5. The highest BCUT2D eigenvalue weighted by atomic mass is 35.5. The molecule has 1 aliphatic heterocycles. The van der Waals surface area contributed by atoms with E-state index in [4.69, 9.17) is 26.1 Å². The molecule has 0 aromatic heterocycles. The topological polar surface area (TPSA) is 39.7 Å². The Labute approximate surface area is 187 Å².